The molecule has 0 amide bonds. The van der Waals surface area contributed by atoms with Crippen molar-refractivity contribution in [2.24, 2.45) is 0 Å². The molecule has 1 atom stereocenters. The molecule has 0 aromatic rings. The molecule has 1 unspecified atom stereocenters. The molecular formula is C61H102O6. The molecule has 67 heavy (non-hydrogen) atoms. The van der Waals surface area contributed by atoms with Crippen molar-refractivity contribution in [3.8, 4) is 0 Å². The number of carbonyl (C=O) groups excluding carboxylic acids is 3. The lowest BCUT2D eigenvalue weighted by atomic mass is 10.1. The summed E-state index contributed by atoms with van der Waals surface area (Å²) in [5.41, 5.74) is 0. The maximum atomic E-state index is 12.8. The second-order valence-corrected chi connectivity index (χ2v) is 18.1. The number of rotatable bonds is 49. The molecule has 0 aromatic carbocycles. The van der Waals surface area contributed by atoms with Crippen molar-refractivity contribution in [2.75, 3.05) is 13.2 Å². The number of hydrogen-bond acceptors (Lipinski definition) is 6. The van der Waals surface area contributed by atoms with Crippen LogP contribution in [0, 0.1) is 0 Å². The van der Waals surface area contributed by atoms with Crippen LogP contribution >= 0.6 is 0 Å². The van der Waals surface area contributed by atoms with Gasteiger partial charge in [-0.25, -0.2) is 0 Å². The number of ether oxygens (including phenoxy) is 3. The molecule has 382 valence electrons. The van der Waals surface area contributed by atoms with Gasteiger partial charge in [-0.1, -0.05) is 234 Å². The Kier molecular flexibility index (Phi) is 51.9. The predicted molar refractivity (Wildman–Crippen MR) is 288 cm³/mol. The van der Waals surface area contributed by atoms with E-state index in [0.29, 0.717) is 19.3 Å². The molecule has 0 bridgehead atoms. The van der Waals surface area contributed by atoms with Gasteiger partial charge in [0.05, 0.1) is 0 Å². The van der Waals surface area contributed by atoms with E-state index in [9.17, 15) is 14.4 Å². The van der Waals surface area contributed by atoms with Crippen molar-refractivity contribution in [3.63, 3.8) is 0 Å². The molecule has 0 fully saturated rings. The first kappa shape index (κ1) is 63.3. The van der Waals surface area contributed by atoms with Crippen molar-refractivity contribution in [3.05, 3.63) is 97.2 Å². The summed E-state index contributed by atoms with van der Waals surface area (Å²) in [5, 5.41) is 0. The molecule has 0 rings (SSSR count). The van der Waals surface area contributed by atoms with E-state index in [4.69, 9.17) is 14.2 Å². The Labute approximate surface area is 413 Å². The molecule has 0 radical (unpaired) electrons. The summed E-state index contributed by atoms with van der Waals surface area (Å²) in [6.07, 6.45) is 72.6. The lowest BCUT2D eigenvalue weighted by molar-refractivity contribution is -0.167. The van der Waals surface area contributed by atoms with Gasteiger partial charge in [0.15, 0.2) is 6.10 Å². The first-order chi connectivity index (χ1) is 33.0. The average molecular weight is 931 g/mol. The predicted octanol–water partition coefficient (Wildman–Crippen LogP) is 18.5. The van der Waals surface area contributed by atoms with Gasteiger partial charge in [0.1, 0.15) is 13.2 Å². The normalized spacial score (nSPS) is 12.8. The van der Waals surface area contributed by atoms with Crippen LogP contribution in [-0.4, -0.2) is 37.2 Å². The Hall–Kier alpha value is -3.67. The van der Waals surface area contributed by atoms with E-state index < -0.39 is 6.10 Å². The highest BCUT2D eigenvalue weighted by molar-refractivity contribution is 5.71. The van der Waals surface area contributed by atoms with Crippen LogP contribution in [0.4, 0.5) is 0 Å². The average Bonchev–Trinajstić information content (AvgIpc) is 3.33. The molecule has 0 heterocycles. The van der Waals surface area contributed by atoms with Gasteiger partial charge in [-0.3, -0.25) is 14.4 Å². The summed E-state index contributed by atoms with van der Waals surface area (Å²) in [6, 6.07) is 0. The summed E-state index contributed by atoms with van der Waals surface area (Å²) < 4.78 is 16.8. The van der Waals surface area contributed by atoms with Crippen molar-refractivity contribution in [2.45, 2.75) is 258 Å². The van der Waals surface area contributed by atoms with Gasteiger partial charge < -0.3 is 14.2 Å². The molecule has 0 aromatic heterocycles. The van der Waals surface area contributed by atoms with Crippen molar-refractivity contribution in [1.82, 2.24) is 0 Å². The summed E-state index contributed by atoms with van der Waals surface area (Å²) in [5.74, 6) is -0.926. The Morgan fingerprint density at radius 3 is 0.925 bits per heavy atom. The van der Waals surface area contributed by atoms with Crippen LogP contribution in [0.5, 0.6) is 0 Å². The maximum Gasteiger partial charge on any atom is 0.306 e. The quantitative estimate of drug-likeness (QED) is 0.0262. The summed E-state index contributed by atoms with van der Waals surface area (Å²) in [7, 11) is 0. The fourth-order valence-corrected chi connectivity index (χ4v) is 7.48. The zero-order valence-electron chi connectivity index (χ0n) is 43.6. The van der Waals surface area contributed by atoms with Gasteiger partial charge in [0, 0.05) is 19.3 Å². The highest BCUT2D eigenvalue weighted by Crippen LogP contribution is 2.15. The van der Waals surface area contributed by atoms with Gasteiger partial charge in [-0.05, 0) is 96.3 Å². The molecule has 0 aliphatic carbocycles. The van der Waals surface area contributed by atoms with Crippen LogP contribution in [0.25, 0.3) is 0 Å². The number of unbranched alkanes of at least 4 members (excludes halogenated alkanes) is 22. The summed E-state index contributed by atoms with van der Waals surface area (Å²) in [6.45, 7) is 6.37. The van der Waals surface area contributed by atoms with E-state index in [-0.39, 0.29) is 31.1 Å². The zero-order chi connectivity index (χ0) is 48.6. The molecular weight excluding hydrogens is 829 g/mol. The number of hydrogen-bond donors (Lipinski definition) is 0. The minimum atomic E-state index is -0.793. The van der Waals surface area contributed by atoms with Crippen molar-refractivity contribution >= 4 is 17.9 Å². The third kappa shape index (κ3) is 53.2. The first-order valence-corrected chi connectivity index (χ1v) is 27.7. The molecule has 0 saturated carbocycles. The van der Waals surface area contributed by atoms with Gasteiger partial charge in [-0.15, -0.1) is 0 Å². The third-order valence-corrected chi connectivity index (χ3v) is 11.6. The van der Waals surface area contributed by atoms with E-state index in [1.165, 1.54) is 89.9 Å². The number of carbonyl (C=O) groups is 3. The Bertz CT molecular complexity index is 1350. The summed E-state index contributed by atoms with van der Waals surface area (Å²) >= 11 is 0. The Balaban J connectivity index is 4.30. The Morgan fingerprint density at radius 1 is 0.313 bits per heavy atom. The van der Waals surface area contributed by atoms with E-state index in [2.05, 4.69) is 118 Å². The zero-order valence-corrected chi connectivity index (χ0v) is 43.6. The van der Waals surface area contributed by atoms with Crippen LogP contribution in [-0.2, 0) is 28.6 Å². The van der Waals surface area contributed by atoms with Crippen LogP contribution in [0.3, 0.4) is 0 Å². The Morgan fingerprint density at radius 2 is 0.582 bits per heavy atom. The van der Waals surface area contributed by atoms with Crippen LogP contribution in [0.15, 0.2) is 97.2 Å². The first-order valence-electron chi connectivity index (χ1n) is 27.7. The van der Waals surface area contributed by atoms with E-state index in [1.807, 2.05) is 0 Å². The largest absolute Gasteiger partial charge is 0.462 e. The van der Waals surface area contributed by atoms with Crippen molar-refractivity contribution < 1.29 is 28.6 Å². The second kappa shape index (κ2) is 54.9. The topological polar surface area (TPSA) is 78.9 Å². The molecule has 0 spiro atoms. The lowest BCUT2D eigenvalue weighted by Crippen LogP contribution is -2.30. The van der Waals surface area contributed by atoms with Gasteiger partial charge in [-0.2, -0.15) is 0 Å². The molecule has 6 nitrogen and oxygen atoms in total. The highest BCUT2D eigenvalue weighted by Gasteiger charge is 2.19. The molecule has 6 heteroatoms. The van der Waals surface area contributed by atoms with E-state index >= 15 is 0 Å². The van der Waals surface area contributed by atoms with Crippen LogP contribution in [0.1, 0.15) is 252 Å². The molecule has 0 aliphatic rings. The van der Waals surface area contributed by atoms with E-state index in [1.54, 1.807) is 0 Å². The molecule has 0 saturated heterocycles. The number of esters is 3. The smallest absolute Gasteiger partial charge is 0.306 e. The van der Waals surface area contributed by atoms with Crippen molar-refractivity contribution in [1.29, 1.82) is 0 Å². The fraction of sp³-hybridized carbons (Fsp3) is 0.689. The van der Waals surface area contributed by atoms with Gasteiger partial charge >= 0.3 is 17.9 Å². The maximum absolute atomic E-state index is 12.8. The summed E-state index contributed by atoms with van der Waals surface area (Å²) in [4.78, 5) is 38.0. The minimum absolute atomic E-state index is 0.0899. The second-order valence-electron chi connectivity index (χ2n) is 18.1. The van der Waals surface area contributed by atoms with Gasteiger partial charge in [0.2, 0.25) is 0 Å². The fourth-order valence-electron chi connectivity index (χ4n) is 7.48. The monoisotopic (exact) mass is 931 g/mol. The lowest BCUT2D eigenvalue weighted by Gasteiger charge is -2.18. The molecule has 0 N–H and O–H groups in total. The SMILES string of the molecule is CC/C=C\C/C=C\C/C=C\C/C=C\C/C=C\CCCCCCCCCCCC(=O)OCC(COC(=O)CCCCCCCCCCCCC)OC(=O)CCCCC/C=C\C/C=C\C/C=C\CC. The minimum Gasteiger partial charge on any atom is -0.462 e. The van der Waals surface area contributed by atoms with Crippen LogP contribution in [0.2, 0.25) is 0 Å². The third-order valence-electron chi connectivity index (χ3n) is 11.6. The van der Waals surface area contributed by atoms with Gasteiger partial charge in [0.25, 0.3) is 0 Å². The van der Waals surface area contributed by atoms with Crippen LogP contribution < -0.4 is 0 Å². The molecule has 0 aliphatic heterocycles. The standard InChI is InChI=1S/C61H102O6/c1-4-7-10-13-16-19-22-24-25-26-27-28-29-30-31-32-33-34-35-37-39-42-45-48-51-54-60(63)66-57-58(56-65-59(62)53-50-47-44-41-38-21-18-15-12-9-6-3)67-61(64)55-52-49-46-43-40-36-23-20-17-14-11-8-5-2/h7-8,10-11,16-17,19-20,24-25,27-28,30-31,36,40,58H,4-6,9,12-15,18,21-23,26,29,32-35,37-39,41-57H2,1-3H3/b10-7-,11-8-,19-16-,20-17-,25-24-,28-27-,31-30-,40-36-. The highest BCUT2D eigenvalue weighted by atomic mass is 16.6. The number of allylic oxidation sites excluding steroid dienone is 16. The van der Waals surface area contributed by atoms with E-state index in [0.717, 1.165) is 122 Å².